The number of amides is 1. The van der Waals surface area contributed by atoms with E-state index in [1.54, 1.807) is 0 Å². The predicted octanol–water partition coefficient (Wildman–Crippen LogP) is -2.09. The van der Waals surface area contributed by atoms with E-state index in [1.807, 2.05) is 0 Å². The Labute approximate surface area is 31.4 Å². The zero-order chi connectivity index (χ0) is 3.58. The Hall–Kier alpha value is -0.665. The van der Waals surface area contributed by atoms with Gasteiger partial charge in [-0.3, -0.25) is 0 Å². The van der Waals surface area contributed by atoms with Gasteiger partial charge in [0.25, 0.3) is 0 Å². The van der Waals surface area contributed by atoms with Gasteiger partial charge in [-0.2, -0.15) is 0 Å². The summed E-state index contributed by atoms with van der Waals surface area (Å²) in [6.45, 7) is 0. The van der Waals surface area contributed by atoms with E-state index < -0.39 is 6.09 Å². The summed E-state index contributed by atoms with van der Waals surface area (Å²) in [4.78, 5) is 8.67. The normalized spacial score (nSPS) is 4.80. The fraction of sp³-hybridized carbons (Fsp3) is 0. The molecule has 0 spiro atoms. The number of carbonyl (C=O) groups excluding carboxylic acids is 1. The van der Waals surface area contributed by atoms with Crippen molar-refractivity contribution in [1.29, 1.82) is 0 Å². The molecule has 0 rings (SSSR count). The van der Waals surface area contributed by atoms with Crippen molar-refractivity contribution in [3.63, 3.8) is 0 Å². The van der Waals surface area contributed by atoms with Gasteiger partial charge in [0.15, 0.2) is 0 Å². The molecule has 0 saturated carbocycles. The van der Waals surface area contributed by atoms with Gasteiger partial charge < -0.3 is 15.6 Å². The first-order valence-electron chi connectivity index (χ1n) is 0.697. The van der Waals surface area contributed by atoms with Crippen LogP contribution in [-0.4, -0.2) is 14.5 Å². The lowest BCUT2D eigenvalue weighted by Crippen LogP contribution is -2.29. The van der Waals surface area contributed by atoms with Crippen LogP contribution >= 0.6 is 0 Å². The second kappa shape index (κ2) is 3.33. The average Bonchev–Trinajstić information content (AvgIpc) is 0.811. The van der Waals surface area contributed by atoms with Gasteiger partial charge in [0, 0.05) is 8.41 Å². The maximum Gasteiger partial charge on any atom is 0.131 e. The summed E-state index contributed by atoms with van der Waals surface area (Å²) in [5.74, 6) is 0. The van der Waals surface area contributed by atoms with Crippen molar-refractivity contribution in [2.24, 2.45) is 5.73 Å². The minimum Gasteiger partial charge on any atom is -0.530 e. The summed E-state index contributed by atoms with van der Waals surface area (Å²) < 4.78 is 0. The van der Waals surface area contributed by atoms with Gasteiger partial charge in [0.05, 0.1) is 0 Å². The van der Waals surface area contributed by atoms with Gasteiger partial charge in [0.2, 0.25) is 0 Å². The Morgan fingerprint density at radius 2 is 1.80 bits per heavy atom. The maximum atomic E-state index is 8.67. The van der Waals surface area contributed by atoms with Crippen molar-refractivity contribution in [2.45, 2.75) is 0 Å². The molecule has 0 aliphatic heterocycles. The van der Waals surface area contributed by atoms with E-state index in [9.17, 15) is 0 Å². The van der Waals surface area contributed by atoms with E-state index in [-0.39, 0.29) is 8.41 Å². The molecule has 0 atom stereocenters. The van der Waals surface area contributed by atoms with Crippen LogP contribution in [0.2, 0.25) is 0 Å². The number of hydrogen-bond donors (Lipinski definition) is 1. The highest BCUT2D eigenvalue weighted by atomic mass is 16.4. The van der Waals surface area contributed by atoms with Gasteiger partial charge in [-0.1, -0.05) is 0 Å². The molecule has 0 heterocycles. The molecule has 0 aromatic heterocycles. The third kappa shape index (κ3) is 13.4. The van der Waals surface area contributed by atoms with Crippen LogP contribution in [0.4, 0.5) is 4.79 Å². The van der Waals surface area contributed by atoms with Gasteiger partial charge >= 0.3 is 0 Å². The molecule has 3 radical (unpaired) electrons. The SMILES string of the molecule is NC(=O)[O-].[B]. The number of nitrogens with two attached hydrogens (primary N) is 1. The molecular formula is CH2BNO2-. The second-order valence-corrected chi connectivity index (χ2v) is 0.319. The molecule has 0 unspecified atom stereocenters. The summed E-state index contributed by atoms with van der Waals surface area (Å²) in [5.41, 5.74) is 3.92. The molecular weight excluding hydrogens is 68.8 g/mol. The van der Waals surface area contributed by atoms with Crippen LogP contribution in [0.15, 0.2) is 0 Å². The van der Waals surface area contributed by atoms with Crippen LogP contribution < -0.4 is 10.8 Å². The summed E-state index contributed by atoms with van der Waals surface area (Å²) in [7, 11) is 0. The molecule has 1 amide bonds. The zero-order valence-corrected chi connectivity index (χ0v) is 2.47. The van der Waals surface area contributed by atoms with Crippen molar-refractivity contribution in [1.82, 2.24) is 0 Å². The van der Waals surface area contributed by atoms with Crippen LogP contribution in [0, 0.1) is 0 Å². The smallest absolute Gasteiger partial charge is 0.131 e. The van der Waals surface area contributed by atoms with Crippen LogP contribution in [-0.2, 0) is 0 Å². The minimum absolute atomic E-state index is 0. The highest BCUT2D eigenvalue weighted by Gasteiger charge is 1.44. The number of primary amides is 1. The number of carbonyl (C=O) groups is 1. The van der Waals surface area contributed by atoms with Crippen molar-refractivity contribution >= 4 is 14.5 Å². The quantitative estimate of drug-likeness (QED) is 0.332. The van der Waals surface area contributed by atoms with Crippen molar-refractivity contribution in [2.75, 3.05) is 0 Å². The van der Waals surface area contributed by atoms with Gasteiger partial charge in [-0.05, 0) is 0 Å². The fourth-order valence-electron chi connectivity index (χ4n) is 0. The molecule has 0 aromatic rings. The molecule has 2 N–H and O–H groups in total. The van der Waals surface area contributed by atoms with E-state index in [0.717, 1.165) is 0 Å². The monoisotopic (exact) mass is 71.0 g/mol. The second-order valence-electron chi connectivity index (χ2n) is 0.319. The Bertz CT molecular complexity index is 32.6. The Morgan fingerprint density at radius 1 is 1.80 bits per heavy atom. The minimum atomic E-state index is -1.58. The predicted molar refractivity (Wildman–Crippen MR) is 15.3 cm³/mol. The lowest BCUT2D eigenvalue weighted by atomic mass is 10.8. The summed E-state index contributed by atoms with van der Waals surface area (Å²) in [6.07, 6.45) is -1.58. The van der Waals surface area contributed by atoms with Gasteiger partial charge in [-0.25, -0.2) is 0 Å². The lowest BCUT2D eigenvalue weighted by molar-refractivity contribution is -0.245. The van der Waals surface area contributed by atoms with E-state index in [0.29, 0.717) is 0 Å². The summed E-state index contributed by atoms with van der Waals surface area (Å²) >= 11 is 0. The van der Waals surface area contributed by atoms with Crippen molar-refractivity contribution in [3.05, 3.63) is 0 Å². The van der Waals surface area contributed by atoms with Crippen LogP contribution in [0.25, 0.3) is 0 Å². The molecule has 0 bridgehead atoms. The molecule has 4 heteroatoms. The Kier molecular flexibility index (Phi) is 5.90. The first-order valence-corrected chi connectivity index (χ1v) is 0.697. The van der Waals surface area contributed by atoms with Crippen molar-refractivity contribution in [3.8, 4) is 0 Å². The first-order chi connectivity index (χ1) is 1.73. The molecule has 0 saturated heterocycles. The molecule has 3 nitrogen and oxygen atoms in total. The third-order valence-corrected chi connectivity index (χ3v) is 0. The largest absolute Gasteiger partial charge is 0.530 e. The Balaban J connectivity index is 0. The molecule has 0 fully saturated rings. The van der Waals surface area contributed by atoms with Gasteiger partial charge in [0.1, 0.15) is 6.09 Å². The van der Waals surface area contributed by atoms with Gasteiger partial charge in [-0.15, -0.1) is 0 Å². The lowest BCUT2D eigenvalue weighted by Gasteiger charge is -1.78. The van der Waals surface area contributed by atoms with E-state index >= 15 is 0 Å². The third-order valence-electron chi connectivity index (χ3n) is 0. The molecule has 0 aliphatic carbocycles. The number of hydrogen-bond acceptors (Lipinski definition) is 2. The van der Waals surface area contributed by atoms with Crippen LogP contribution in [0.5, 0.6) is 0 Å². The molecule has 0 aromatic carbocycles. The van der Waals surface area contributed by atoms with Crippen LogP contribution in [0.3, 0.4) is 0 Å². The van der Waals surface area contributed by atoms with E-state index in [1.165, 1.54) is 0 Å². The highest BCUT2D eigenvalue weighted by molar-refractivity contribution is 5.75. The molecule has 0 aliphatic rings. The van der Waals surface area contributed by atoms with Crippen LogP contribution in [0.1, 0.15) is 0 Å². The number of rotatable bonds is 0. The Morgan fingerprint density at radius 3 is 1.80 bits per heavy atom. The standard InChI is InChI=1S/CH3NO2.B/c2-1(3)4;/h2H2,(H,3,4);/p-1. The number of carboxylic acid groups (broad SMARTS) is 1. The maximum absolute atomic E-state index is 8.67. The van der Waals surface area contributed by atoms with E-state index in [4.69, 9.17) is 9.90 Å². The molecule has 27 valence electrons. The van der Waals surface area contributed by atoms with E-state index in [2.05, 4.69) is 5.73 Å². The topological polar surface area (TPSA) is 66.2 Å². The first kappa shape index (κ1) is 8.84. The zero-order valence-electron chi connectivity index (χ0n) is 2.47. The fourth-order valence-corrected chi connectivity index (χ4v) is 0. The molecule has 5 heavy (non-hydrogen) atoms. The summed E-state index contributed by atoms with van der Waals surface area (Å²) in [5, 5.41) is 8.67. The van der Waals surface area contributed by atoms with Crippen molar-refractivity contribution < 1.29 is 9.90 Å². The highest BCUT2D eigenvalue weighted by Crippen LogP contribution is 1.23. The average molecular weight is 70.8 g/mol. The summed E-state index contributed by atoms with van der Waals surface area (Å²) in [6, 6.07) is 0.